The quantitative estimate of drug-likeness (QED) is 0.374. The molecule has 0 aromatic rings. The van der Waals surface area contributed by atoms with E-state index >= 15 is 0 Å². The van der Waals surface area contributed by atoms with E-state index in [2.05, 4.69) is 0 Å². The lowest BCUT2D eigenvalue weighted by Gasteiger charge is -0.945. The first-order valence-corrected chi connectivity index (χ1v) is 0.408. The molecule has 0 rings (SSSR count). The molecule has 0 N–H and O–H groups in total. The third kappa shape index (κ3) is 0.518. The minimum atomic E-state index is 0. The summed E-state index contributed by atoms with van der Waals surface area (Å²) in [7, 11) is 0. The lowest BCUT2D eigenvalue weighted by atomic mass is 11.0. The minimum absolute atomic E-state index is 0. The molecule has 0 heterocycles. The summed E-state index contributed by atoms with van der Waals surface area (Å²) in [6.07, 6.45) is 0.250. The Morgan fingerprint density at radius 1 is 1.25 bits per heavy atom. The molecule has 0 amide bonds. The van der Waals surface area contributed by atoms with Gasteiger partial charge in [-0.2, -0.15) is 9.59 Å². The van der Waals surface area contributed by atoms with Gasteiger partial charge in [0.05, 0.1) is 0 Å². The van der Waals surface area contributed by atoms with Crippen molar-refractivity contribution in [1.82, 2.24) is 0 Å². The molecular formula is C2O2. The highest BCUT2D eigenvalue weighted by Crippen LogP contribution is 0.787. The standard InChI is InChI=1S/CO2.C/c2-1-3;/i;1-1. The van der Waals surface area contributed by atoms with Crippen LogP contribution in [0.25, 0.3) is 0 Å². The molecule has 0 bridgehead atoms. The van der Waals surface area contributed by atoms with Gasteiger partial charge in [0.2, 0.25) is 0 Å². The fourth-order valence-corrected chi connectivity index (χ4v) is 0. The van der Waals surface area contributed by atoms with Crippen LogP contribution in [0.1, 0.15) is 0 Å². The third-order valence-electron chi connectivity index (χ3n) is 0. The summed E-state index contributed by atoms with van der Waals surface area (Å²) < 4.78 is 0. The molecule has 0 fully saturated rings. The Morgan fingerprint density at radius 3 is 1.25 bits per heavy atom. The van der Waals surface area contributed by atoms with Crippen molar-refractivity contribution in [3.8, 4) is 0 Å². The lowest BCUT2D eigenvalue weighted by molar-refractivity contribution is -0.191. The van der Waals surface area contributed by atoms with Crippen molar-refractivity contribution in [1.29, 1.82) is 0 Å². The molecule has 0 spiro atoms. The maximum Gasteiger partial charge on any atom is 0.373 e. The van der Waals surface area contributed by atoms with Gasteiger partial charge in [-0.3, -0.25) is 0 Å². The molecule has 0 atom stereocenters. The molecule has 0 aromatic heterocycles. The molecule has 4 heavy (non-hydrogen) atoms. The van der Waals surface area contributed by atoms with Gasteiger partial charge in [-0.05, 0) is 0 Å². The third-order valence-corrected chi connectivity index (χ3v) is 0. The van der Waals surface area contributed by atoms with E-state index in [-0.39, 0.29) is 13.6 Å². The van der Waals surface area contributed by atoms with Gasteiger partial charge in [0.25, 0.3) is 0 Å². The van der Waals surface area contributed by atoms with E-state index in [0.29, 0.717) is 0 Å². The Bertz CT molecular complexity index is 25.0. The largest absolute Gasteiger partial charge is 0.373 e. The first-order chi connectivity index (χ1) is 1.41. The van der Waals surface area contributed by atoms with Crippen molar-refractivity contribution in [3.63, 3.8) is 0 Å². The van der Waals surface area contributed by atoms with Crippen LogP contribution in [0.4, 0.5) is 0 Å². The summed E-state index contributed by atoms with van der Waals surface area (Å²) in [5, 5.41) is 0. The van der Waals surface area contributed by atoms with E-state index < -0.39 is 0 Å². The summed E-state index contributed by atoms with van der Waals surface area (Å²) in [4.78, 5) is 16.2. The number of carbonyl (C=O) groups excluding carboxylic acids is 2. The second kappa shape index (κ2) is 31.4. The molecule has 0 aliphatic carbocycles. The van der Waals surface area contributed by atoms with Gasteiger partial charge in [0.15, 0.2) is 0 Å². The Balaban J connectivity index is 0. The van der Waals surface area contributed by atoms with Crippen molar-refractivity contribution in [2.24, 2.45) is 0 Å². The second-order valence-electron chi connectivity index (χ2n) is 0.0833. The first kappa shape index (κ1) is 10.1. The molecule has 0 saturated carbocycles. The molecule has 20 valence electrons. The molecule has 0 aromatic carbocycles. The number of hydrogen-bond donors (Lipinski definition) is 0. The van der Waals surface area contributed by atoms with E-state index in [4.69, 9.17) is 9.59 Å². The average molecular weight is 55.0 g/mol. The zero-order valence-electron chi connectivity index (χ0n) is 1.82. The Kier molecular flexibility index (Phi) is 78.9. The van der Waals surface area contributed by atoms with E-state index in [9.17, 15) is 0 Å². The lowest BCUT2D eigenvalue weighted by Crippen LogP contribution is -1.22. The predicted octanol–water partition coefficient (Wildman–Crippen LogP) is -0.502. The SMILES string of the molecule is O=C=O.[11C]. The smallest absolute Gasteiger partial charge is 0.186 e. The van der Waals surface area contributed by atoms with Crippen LogP contribution < -0.4 is 0 Å². The van der Waals surface area contributed by atoms with E-state index in [0.717, 1.165) is 0 Å². The van der Waals surface area contributed by atoms with Gasteiger partial charge in [-0.15, -0.1) is 0 Å². The molecule has 2 heteroatoms. The maximum absolute atomic E-state index is 8.12. The highest BCUT2D eigenvalue weighted by molar-refractivity contribution is 5.20. The fourth-order valence-electron chi connectivity index (χ4n) is 0. The minimum Gasteiger partial charge on any atom is -0.186 e. The van der Waals surface area contributed by atoms with Gasteiger partial charge in [0, 0.05) is 7.43 Å². The van der Waals surface area contributed by atoms with Crippen molar-refractivity contribution in [2.45, 2.75) is 0 Å². The molecule has 0 aliphatic rings. The summed E-state index contributed by atoms with van der Waals surface area (Å²) in [6, 6.07) is 0. The molecular weight excluding hydrogens is 55.0 g/mol. The molecule has 0 aliphatic heterocycles. The van der Waals surface area contributed by atoms with Crippen LogP contribution in [0.15, 0.2) is 0 Å². The van der Waals surface area contributed by atoms with Gasteiger partial charge in [-0.1, -0.05) is 0 Å². The number of rotatable bonds is 0. The van der Waals surface area contributed by atoms with E-state index in [1.54, 1.807) is 0 Å². The highest BCUT2D eigenvalue weighted by atomic mass is 16.2. The normalized spacial score (nSPS) is 2.00. The second-order valence-corrected chi connectivity index (χ2v) is 0.0833. The zero-order valence-corrected chi connectivity index (χ0v) is 1.82. The molecule has 0 unspecified atom stereocenters. The van der Waals surface area contributed by atoms with Crippen LogP contribution >= 0.6 is 0 Å². The Labute approximate surface area is 24.4 Å². The van der Waals surface area contributed by atoms with Crippen molar-refractivity contribution in [3.05, 3.63) is 7.43 Å². The maximum atomic E-state index is 8.12. The summed E-state index contributed by atoms with van der Waals surface area (Å²) in [6.45, 7) is 0. The van der Waals surface area contributed by atoms with Crippen LogP contribution in [0, 0.1) is 7.43 Å². The number of hydrogen-bond acceptors (Lipinski definition) is 2. The van der Waals surface area contributed by atoms with Gasteiger partial charge in [0.1, 0.15) is 0 Å². The van der Waals surface area contributed by atoms with E-state index in [1.165, 1.54) is 0 Å². The van der Waals surface area contributed by atoms with Crippen LogP contribution in [0.5, 0.6) is 0 Å². The monoisotopic (exact) mass is 55.0 g/mol. The van der Waals surface area contributed by atoms with Gasteiger partial charge in [-0.25, -0.2) is 0 Å². The molecule has 0 saturated heterocycles. The van der Waals surface area contributed by atoms with Crippen molar-refractivity contribution in [2.75, 3.05) is 0 Å². The Morgan fingerprint density at radius 2 is 1.25 bits per heavy atom. The molecule has 2 nitrogen and oxygen atoms in total. The predicted molar refractivity (Wildman–Crippen MR) is 8.25 cm³/mol. The van der Waals surface area contributed by atoms with Crippen molar-refractivity contribution >= 4 is 6.15 Å². The van der Waals surface area contributed by atoms with Crippen LogP contribution in [-0.4, -0.2) is 6.15 Å². The summed E-state index contributed by atoms with van der Waals surface area (Å²) in [5.74, 6) is 0. The average Bonchev–Trinajstić information content (AvgIpc) is 0.918. The van der Waals surface area contributed by atoms with Crippen molar-refractivity contribution < 1.29 is 9.59 Å². The Hall–Kier alpha value is -0.620. The first-order valence-electron chi connectivity index (χ1n) is 0.408. The molecule has 4 radical (unpaired) electrons. The summed E-state index contributed by atoms with van der Waals surface area (Å²) in [5.41, 5.74) is 0. The van der Waals surface area contributed by atoms with Crippen LogP contribution in [-0.2, 0) is 9.59 Å². The zero-order chi connectivity index (χ0) is 2.71. The van der Waals surface area contributed by atoms with Gasteiger partial charge >= 0.3 is 6.15 Å². The van der Waals surface area contributed by atoms with Crippen LogP contribution in [0.2, 0.25) is 0 Å². The van der Waals surface area contributed by atoms with E-state index in [1.807, 2.05) is 0 Å². The highest BCUT2D eigenvalue weighted by Gasteiger charge is 1.13. The van der Waals surface area contributed by atoms with Gasteiger partial charge < -0.3 is 0 Å². The fraction of sp³-hybridized carbons (Fsp3) is 0. The topological polar surface area (TPSA) is 34.1 Å². The summed E-state index contributed by atoms with van der Waals surface area (Å²) >= 11 is 0. The van der Waals surface area contributed by atoms with Crippen LogP contribution in [0.3, 0.4) is 0 Å².